The molecule has 0 aliphatic heterocycles. The first-order chi connectivity index (χ1) is 15.7. The molecule has 1 heterocycles. The normalized spacial score (nSPS) is 11.5. The molecule has 1 amide bonds. The summed E-state index contributed by atoms with van der Waals surface area (Å²) in [6.07, 6.45) is 0. The molecule has 0 spiro atoms. The second-order valence-electron chi connectivity index (χ2n) is 7.70. The molecule has 1 aromatic heterocycles. The number of amides is 1. The van der Waals surface area contributed by atoms with E-state index in [9.17, 15) is 18.0 Å². The third-order valence-electron chi connectivity index (χ3n) is 5.31. The molecule has 9 heteroatoms. The van der Waals surface area contributed by atoms with Crippen LogP contribution in [0.1, 0.15) is 28.4 Å². The molecule has 0 atom stereocenters. The first-order valence-electron chi connectivity index (χ1n) is 10.3. The molecule has 33 heavy (non-hydrogen) atoms. The smallest absolute Gasteiger partial charge is 0.308 e. The minimum atomic E-state index is -3.74. The van der Waals surface area contributed by atoms with E-state index in [1.54, 1.807) is 66.1 Å². The van der Waals surface area contributed by atoms with Crippen LogP contribution < -0.4 is 14.9 Å². The summed E-state index contributed by atoms with van der Waals surface area (Å²) in [6, 6.07) is 16.7. The van der Waals surface area contributed by atoms with Crippen LogP contribution in [0.25, 0.3) is 10.2 Å². The predicted octanol–water partition coefficient (Wildman–Crippen LogP) is 4.75. The number of benzene rings is 3. The van der Waals surface area contributed by atoms with E-state index in [1.807, 2.05) is 19.9 Å². The molecule has 0 saturated carbocycles. The third kappa shape index (κ3) is 4.69. The van der Waals surface area contributed by atoms with Gasteiger partial charge in [0.2, 0.25) is 0 Å². The van der Waals surface area contributed by atoms with E-state index in [0.717, 1.165) is 27.1 Å². The maximum atomic E-state index is 12.8. The molecule has 0 aliphatic carbocycles. The van der Waals surface area contributed by atoms with Gasteiger partial charge in [-0.1, -0.05) is 29.0 Å². The van der Waals surface area contributed by atoms with Crippen molar-refractivity contribution in [2.45, 2.75) is 32.2 Å². The van der Waals surface area contributed by atoms with Crippen molar-refractivity contribution >= 4 is 48.9 Å². The van der Waals surface area contributed by atoms with Crippen LogP contribution in [-0.4, -0.2) is 18.9 Å². The van der Waals surface area contributed by atoms with Crippen LogP contribution in [0, 0.1) is 13.8 Å². The SMILES string of the molecule is CCn1c(=O)sc2cc(NC(=O)c3ccc(NS(=O)(=O)c4ccc(C)cc4)c(C)c3)ccc21. The molecule has 0 radical (unpaired) electrons. The number of rotatable bonds is 6. The number of anilines is 2. The van der Waals surface area contributed by atoms with Gasteiger partial charge >= 0.3 is 4.87 Å². The monoisotopic (exact) mass is 481 g/mol. The van der Waals surface area contributed by atoms with Crippen molar-refractivity contribution < 1.29 is 13.2 Å². The lowest BCUT2D eigenvalue weighted by molar-refractivity contribution is 0.102. The van der Waals surface area contributed by atoms with E-state index in [1.165, 1.54) is 0 Å². The van der Waals surface area contributed by atoms with Gasteiger partial charge in [0.15, 0.2) is 0 Å². The van der Waals surface area contributed by atoms with Crippen LogP contribution in [0.15, 0.2) is 70.4 Å². The zero-order chi connectivity index (χ0) is 23.8. The number of aryl methyl sites for hydroxylation is 3. The molecule has 4 rings (SSSR count). The molecule has 0 unspecified atom stereocenters. The molecule has 7 nitrogen and oxygen atoms in total. The fraction of sp³-hybridized carbons (Fsp3) is 0.167. The standard InChI is InChI=1S/C24H23N3O4S2/c1-4-27-21-12-8-18(14-22(21)32-24(27)29)25-23(28)17-7-11-20(16(3)13-17)26-33(30,31)19-9-5-15(2)6-10-19/h5-14,26H,4H2,1-3H3,(H,25,28). The molecule has 3 aromatic carbocycles. The molecule has 170 valence electrons. The van der Waals surface area contributed by atoms with Crippen LogP contribution in [0.4, 0.5) is 11.4 Å². The highest BCUT2D eigenvalue weighted by Gasteiger charge is 2.16. The van der Waals surface area contributed by atoms with Crippen molar-refractivity contribution in [3.8, 4) is 0 Å². The number of hydrogen-bond donors (Lipinski definition) is 2. The number of aromatic nitrogens is 1. The summed E-state index contributed by atoms with van der Waals surface area (Å²) < 4.78 is 30.4. The average molecular weight is 482 g/mol. The minimum Gasteiger partial charge on any atom is -0.322 e. The number of carbonyl (C=O) groups excluding carboxylic acids is 1. The zero-order valence-corrected chi connectivity index (χ0v) is 20.0. The molecular formula is C24H23N3O4S2. The maximum absolute atomic E-state index is 12.8. The topological polar surface area (TPSA) is 97.3 Å². The first-order valence-corrected chi connectivity index (χ1v) is 12.6. The van der Waals surface area contributed by atoms with E-state index in [-0.39, 0.29) is 15.7 Å². The summed E-state index contributed by atoms with van der Waals surface area (Å²) in [7, 11) is -3.74. The van der Waals surface area contributed by atoms with Gasteiger partial charge in [-0.2, -0.15) is 0 Å². The molecular weight excluding hydrogens is 458 g/mol. The Labute approximate surface area is 195 Å². The van der Waals surface area contributed by atoms with E-state index in [2.05, 4.69) is 10.0 Å². The highest BCUT2D eigenvalue weighted by atomic mass is 32.2. The lowest BCUT2D eigenvalue weighted by atomic mass is 10.1. The Morgan fingerprint density at radius 2 is 1.73 bits per heavy atom. The largest absolute Gasteiger partial charge is 0.322 e. The van der Waals surface area contributed by atoms with Crippen molar-refractivity contribution in [2.75, 3.05) is 10.0 Å². The molecule has 0 aliphatic rings. The summed E-state index contributed by atoms with van der Waals surface area (Å²) in [5, 5.41) is 2.84. The number of hydrogen-bond acceptors (Lipinski definition) is 5. The number of nitrogens with zero attached hydrogens (tertiary/aromatic N) is 1. The van der Waals surface area contributed by atoms with Crippen molar-refractivity contribution in [1.82, 2.24) is 4.57 Å². The van der Waals surface area contributed by atoms with Crippen LogP contribution in [0.5, 0.6) is 0 Å². The summed E-state index contributed by atoms with van der Waals surface area (Å²) in [5.74, 6) is -0.326. The van der Waals surface area contributed by atoms with Gasteiger partial charge in [0, 0.05) is 17.8 Å². The van der Waals surface area contributed by atoms with Gasteiger partial charge in [-0.05, 0) is 74.9 Å². The number of carbonyl (C=O) groups is 1. The Bertz CT molecular complexity index is 1520. The average Bonchev–Trinajstić information content (AvgIpc) is 3.09. The number of nitrogens with one attached hydrogen (secondary N) is 2. The van der Waals surface area contributed by atoms with Gasteiger partial charge in [-0.25, -0.2) is 8.42 Å². The Hall–Kier alpha value is -3.43. The van der Waals surface area contributed by atoms with E-state index in [0.29, 0.717) is 29.0 Å². The highest BCUT2D eigenvalue weighted by molar-refractivity contribution is 7.92. The fourth-order valence-corrected chi connectivity index (χ4v) is 5.61. The van der Waals surface area contributed by atoms with Gasteiger partial charge in [-0.3, -0.25) is 18.9 Å². The summed E-state index contributed by atoms with van der Waals surface area (Å²) >= 11 is 1.14. The van der Waals surface area contributed by atoms with E-state index >= 15 is 0 Å². The van der Waals surface area contributed by atoms with E-state index < -0.39 is 10.0 Å². The van der Waals surface area contributed by atoms with Crippen LogP contribution in [-0.2, 0) is 16.6 Å². The van der Waals surface area contributed by atoms with Crippen LogP contribution in [0.2, 0.25) is 0 Å². The highest BCUT2D eigenvalue weighted by Crippen LogP contribution is 2.24. The summed E-state index contributed by atoms with van der Waals surface area (Å²) in [5.41, 5.74) is 3.80. The Morgan fingerprint density at radius 1 is 1.00 bits per heavy atom. The second kappa shape index (κ2) is 8.84. The molecule has 4 aromatic rings. The predicted molar refractivity (Wildman–Crippen MR) is 133 cm³/mol. The quantitative estimate of drug-likeness (QED) is 0.415. The number of thiazole rings is 1. The molecule has 0 fully saturated rings. The van der Waals surface area contributed by atoms with E-state index in [4.69, 9.17) is 0 Å². The molecule has 0 bridgehead atoms. The fourth-order valence-electron chi connectivity index (χ4n) is 3.49. The van der Waals surface area contributed by atoms with Gasteiger partial charge in [0.05, 0.1) is 20.8 Å². The summed E-state index contributed by atoms with van der Waals surface area (Å²) in [6.45, 7) is 6.12. The van der Waals surface area contributed by atoms with Gasteiger partial charge in [-0.15, -0.1) is 0 Å². The zero-order valence-electron chi connectivity index (χ0n) is 18.4. The first kappa shape index (κ1) is 22.8. The Kier molecular flexibility index (Phi) is 6.09. The number of fused-ring (bicyclic) bond motifs is 1. The third-order valence-corrected chi connectivity index (χ3v) is 7.63. The minimum absolute atomic E-state index is 0.0321. The van der Waals surface area contributed by atoms with Gasteiger partial charge in [0.1, 0.15) is 0 Å². The Balaban J connectivity index is 1.53. The van der Waals surface area contributed by atoms with Crippen LogP contribution >= 0.6 is 11.3 Å². The van der Waals surface area contributed by atoms with Crippen molar-refractivity contribution in [2.24, 2.45) is 0 Å². The van der Waals surface area contributed by atoms with Gasteiger partial charge in [0.25, 0.3) is 15.9 Å². The maximum Gasteiger partial charge on any atom is 0.308 e. The van der Waals surface area contributed by atoms with Crippen LogP contribution in [0.3, 0.4) is 0 Å². The van der Waals surface area contributed by atoms with Gasteiger partial charge < -0.3 is 5.32 Å². The summed E-state index contributed by atoms with van der Waals surface area (Å²) in [4.78, 5) is 24.9. The lowest BCUT2D eigenvalue weighted by Gasteiger charge is -2.12. The molecule has 2 N–H and O–H groups in total. The lowest BCUT2D eigenvalue weighted by Crippen LogP contribution is -2.15. The van der Waals surface area contributed by atoms with Crippen molar-refractivity contribution in [3.05, 3.63) is 87.0 Å². The number of sulfonamides is 1. The molecule has 0 saturated heterocycles. The van der Waals surface area contributed by atoms with Crippen molar-refractivity contribution in [1.29, 1.82) is 0 Å². The second-order valence-corrected chi connectivity index (χ2v) is 10.4. The van der Waals surface area contributed by atoms with Crippen molar-refractivity contribution in [3.63, 3.8) is 0 Å². The Morgan fingerprint density at radius 3 is 2.39 bits per heavy atom.